The highest BCUT2D eigenvalue weighted by molar-refractivity contribution is 6.04. The van der Waals surface area contributed by atoms with Crippen molar-refractivity contribution in [2.45, 2.75) is 20.4 Å². The third-order valence-corrected chi connectivity index (χ3v) is 5.44. The third kappa shape index (κ3) is 4.75. The lowest BCUT2D eigenvalue weighted by molar-refractivity contribution is -0.153. The van der Waals surface area contributed by atoms with Gasteiger partial charge < -0.3 is 14.7 Å². The fourth-order valence-corrected chi connectivity index (χ4v) is 3.71. The van der Waals surface area contributed by atoms with E-state index >= 15 is 0 Å². The minimum absolute atomic E-state index is 0.152. The van der Waals surface area contributed by atoms with Gasteiger partial charge in [0.2, 0.25) is 11.8 Å². The molecule has 0 bridgehead atoms. The molecule has 1 heterocycles. The summed E-state index contributed by atoms with van der Waals surface area (Å²) in [5.74, 6) is -0.601. The van der Waals surface area contributed by atoms with E-state index < -0.39 is 5.41 Å². The van der Waals surface area contributed by atoms with Crippen molar-refractivity contribution in [3.05, 3.63) is 66.0 Å². The fourth-order valence-electron chi connectivity index (χ4n) is 3.71. The van der Waals surface area contributed by atoms with Crippen molar-refractivity contribution in [1.82, 2.24) is 9.80 Å². The van der Waals surface area contributed by atoms with Gasteiger partial charge in [-0.2, -0.15) is 0 Å². The molecule has 1 aliphatic heterocycles. The van der Waals surface area contributed by atoms with Gasteiger partial charge in [0.25, 0.3) is 0 Å². The van der Waals surface area contributed by atoms with Gasteiger partial charge in [-0.15, -0.1) is 0 Å². The minimum atomic E-state index is -1.12. The Morgan fingerprint density at radius 3 is 2.14 bits per heavy atom. The zero-order chi connectivity index (χ0) is 21.0. The molecule has 1 saturated heterocycles. The largest absolute Gasteiger partial charge is 0.368 e. The Labute approximate surface area is 171 Å². The molecule has 154 valence electrons. The first-order chi connectivity index (χ1) is 13.8. The van der Waals surface area contributed by atoms with Gasteiger partial charge in [-0.05, 0) is 43.7 Å². The number of benzene rings is 2. The van der Waals surface area contributed by atoms with Crippen LogP contribution in [-0.4, -0.2) is 54.8 Å². The van der Waals surface area contributed by atoms with Crippen LogP contribution in [0.15, 0.2) is 54.6 Å². The van der Waals surface area contributed by atoms with Crippen LogP contribution in [-0.2, 0) is 16.1 Å². The van der Waals surface area contributed by atoms with Gasteiger partial charge in [-0.1, -0.05) is 30.3 Å². The molecule has 2 amide bonds. The SMILES string of the molecule is CN(Cc1ccccc1)C(=O)C(C)(C)C(=O)N1CCN(c2ccc(F)cc2)CC1. The number of hydrogen-bond acceptors (Lipinski definition) is 3. The Bertz CT molecular complexity index is 844. The summed E-state index contributed by atoms with van der Waals surface area (Å²) in [4.78, 5) is 31.6. The summed E-state index contributed by atoms with van der Waals surface area (Å²) < 4.78 is 13.1. The summed E-state index contributed by atoms with van der Waals surface area (Å²) >= 11 is 0. The summed E-state index contributed by atoms with van der Waals surface area (Å²) in [5, 5.41) is 0. The molecule has 0 unspecified atom stereocenters. The van der Waals surface area contributed by atoms with Crippen LogP contribution in [0.25, 0.3) is 0 Å². The highest BCUT2D eigenvalue weighted by atomic mass is 19.1. The Kier molecular flexibility index (Phi) is 6.20. The van der Waals surface area contributed by atoms with E-state index in [1.165, 1.54) is 12.1 Å². The number of nitrogens with zero attached hydrogens (tertiary/aromatic N) is 3. The molecule has 0 spiro atoms. The molecule has 1 fully saturated rings. The molecule has 0 N–H and O–H groups in total. The fraction of sp³-hybridized carbons (Fsp3) is 0.391. The van der Waals surface area contributed by atoms with Gasteiger partial charge in [0.05, 0.1) is 0 Å². The summed E-state index contributed by atoms with van der Waals surface area (Å²) in [6, 6.07) is 16.1. The average Bonchev–Trinajstić information content (AvgIpc) is 2.74. The zero-order valence-electron chi connectivity index (χ0n) is 17.3. The maximum absolute atomic E-state index is 13.1. The first kappa shape index (κ1) is 20.8. The molecule has 29 heavy (non-hydrogen) atoms. The van der Waals surface area contributed by atoms with E-state index in [9.17, 15) is 14.0 Å². The van der Waals surface area contributed by atoms with Crippen molar-refractivity contribution in [3.8, 4) is 0 Å². The van der Waals surface area contributed by atoms with Crippen molar-refractivity contribution in [2.24, 2.45) is 5.41 Å². The lowest BCUT2D eigenvalue weighted by atomic mass is 9.89. The van der Waals surface area contributed by atoms with Crippen LogP contribution in [0.1, 0.15) is 19.4 Å². The Hall–Kier alpha value is -2.89. The van der Waals surface area contributed by atoms with Crippen LogP contribution >= 0.6 is 0 Å². The molecule has 0 aromatic heterocycles. The maximum Gasteiger partial charge on any atom is 0.237 e. The van der Waals surface area contributed by atoms with Gasteiger partial charge in [0.1, 0.15) is 11.2 Å². The van der Waals surface area contributed by atoms with E-state index in [1.807, 2.05) is 30.3 Å². The lowest BCUT2D eigenvalue weighted by Crippen LogP contribution is -2.55. The van der Waals surface area contributed by atoms with Gasteiger partial charge in [0.15, 0.2) is 0 Å². The monoisotopic (exact) mass is 397 g/mol. The van der Waals surface area contributed by atoms with E-state index in [1.54, 1.807) is 42.8 Å². The molecule has 5 nitrogen and oxygen atoms in total. The topological polar surface area (TPSA) is 43.9 Å². The van der Waals surface area contributed by atoms with Gasteiger partial charge in [-0.3, -0.25) is 9.59 Å². The second-order valence-electron chi connectivity index (χ2n) is 8.03. The van der Waals surface area contributed by atoms with E-state index in [-0.39, 0.29) is 17.6 Å². The Morgan fingerprint density at radius 1 is 0.966 bits per heavy atom. The third-order valence-electron chi connectivity index (χ3n) is 5.44. The molecule has 1 aliphatic rings. The highest BCUT2D eigenvalue weighted by Crippen LogP contribution is 2.25. The predicted octanol–water partition coefficient (Wildman–Crippen LogP) is 3.16. The quantitative estimate of drug-likeness (QED) is 0.728. The molecule has 0 atom stereocenters. The predicted molar refractivity (Wildman–Crippen MR) is 112 cm³/mol. The number of carbonyl (C=O) groups is 2. The lowest BCUT2D eigenvalue weighted by Gasteiger charge is -2.39. The molecular formula is C23H28FN3O2. The summed E-state index contributed by atoms with van der Waals surface area (Å²) in [6.07, 6.45) is 0. The number of hydrogen-bond donors (Lipinski definition) is 0. The van der Waals surface area contributed by atoms with E-state index in [0.29, 0.717) is 32.7 Å². The second kappa shape index (κ2) is 8.64. The molecule has 2 aromatic rings. The van der Waals surface area contributed by atoms with Crippen molar-refractivity contribution in [2.75, 3.05) is 38.1 Å². The molecule has 3 rings (SSSR count). The Balaban J connectivity index is 1.60. The van der Waals surface area contributed by atoms with E-state index in [0.717, 1.165) is 11.3 Å². The number of piperazine rings is 1. The van der Waals surface area contributed by atoms with Gasteiger partial charge >= 0.3 is 0 Å². The van der Waals surface area contributed by atoms with Gasteiger partial charge in [0, 0.05) is 45.5 Å². The standard InChI is InChI=1S/C23H28FN3O2/c1-23(2,21(28)25(3)17-18-7-5-4-6-8-18)22(29)27-15-13-26(14-16-27)20-11-9-19(24)10-12-20/h4-12H,13-17H2,1-3H3. The van der Waals surface area contributed by atoms with Crippen LogP contribution in [0.2, 0.25) is 0 Å². The van der Waals surface area contributed by atoms with Crippen LogP contribution in [0.4, 0.5) is 10.1 Å². The van der Waals surface area contributed by atoms with Crippen LogP contribution in [0, 0.1) is 11.2 Å². The smallest absolute Gasteiger partial charge is 0.237 e. The van der Waals surface area contributed by atoms with Gasteiger partial charge in [-0.25, -0.2) is 4.39 Å². The normalized spacial score (nSPS) is 14.6. The molecule has 0 aliphatic carbocycles. The van der Waals surface area contributed by atoms with Crippen LogP contribution < -0.4 is 4.90 Å². The molecular weight excluding hydrogens is 369 g/mol. The summed E-state index contributed by atoms with van der Waals surface area (Å²) in [5.41, 5.74) is 0.845. The number of rotatable bonds is 5. The number of anilines is 1. The highest BCUT2D eigenvalue weighted by Gasteiger charge is 2.41. The number of amides is 2. The van der Waals surface area contributed by atoms with Crippen molar-refractivity contribution >= 4 is 17.5 Å². The molecule has 0 saturated carbocycles. The van der Waals surface area contributed by atoms with E-state index in [4.69, 9.17) is 0 Å². The minimum Gasteiger partial charge on any atom is -0.368 e. The van der Waals surface area contributed by atoms with E-state index in [2.05, 4.69) is 4.90 Å². The van der Waals surface area contributed by atoms with Crippen molar-refractivity contribution in [1.29, 1.82) is 0 Å². The maximum atomic E-state index is 13.1. The van der Waals surface area contributed by atoms with Crippen LogP contribution in [0.3, 0.4) is 0 Å². The summed E-state index contributed by atoms with van der Waals surface area (Å²) in [6.45, 7) is 6.25. The zero-order valence-corrected chi connectivity index (χ0v) is 17.3. The Morgan fingerprint density at radius 2 is 1.55 bits per heavy atom. The summed E-state index contributed by atoms with van der Waals surface area (Å²) in [7, 11) is 1.73. The van der Waals surface area contributed by atoms with Crippen molar-refractivity contribution in [3.63, 3.8) is 0 Å². The van der Waals surface area contributed by atoms with Crippen molar-refractivity contribution < 1.29 is 14.0 Å². The number of carbonyl (C=O) groups excluding carboxylic acids is 2. The first-order valence-electron chi connectivity index (χ1n) is 9.88. The number of halogens is 1. The second-order valence-corrected chi connectivity index (χ2v) is 8.03. The average molecular weight is 397 g/mol. The van der Waals surface area contributed by atoms with Crippen LogP contribution in [0.5, 0.6) is 0 Å². The first-order valence-corrected chi connectivity index (χ1v) is 9.88. The molecule has 6 heteroatoms. The molecule has 0 radical (unpaired) electrons. The molecule has 2 aromatic carbocycles.